The molecular formula is C25H34N5O7P. The number of hydrogen-bond donors (Lipinski definition) is 5. The Morgan fingerprint density at radius 3 is 2.29 bits per heavy atom. The van der Waals surface area contributed by atoms with Gasteiger partial charge in [0.1, 0.15) is 18.2 Å². The van der Waals surface area contributed by atoms with Gasteiger partial charge in [-0.3, -0.25) is 29.5 Å². The fourth-order valence-corrected chi connectivity index (χ4v) is 4.49. The van der Waals surface area contributed by atoms with Gasteiger partial charge < -0.3 is 20.7 Å². The Kier molecular flexibility index (Phi) is 10.8. The second-order valence-corrected chi connectivity index (χ2v) is 9.98. The first-order valence-electron chi connectivity index (χ1n) is 12.3. The molecule has 1 atom stereocenters. The summed E-state index contributed by atoms with van der Waals surface area (Å²) in [6, 6.07) is 11.3. The molecule has 2 aromatic rings. The molecule has 0 aliphatic carbocycles. The molecule has 12 nitrogen and oxygen atoms in total. The zero-order chi connectivity index (χ0) is 27.5. The van der Waals surface area contributed by atoms with Crippen molar-refractivity contribution in [2.45, 2.75) is 26.2 Å². The van der Waals surface area contributed by atoms with Crippen LogP contribution >= 0.6 is 7.82 Å². The van der Waals surface area contributed by atoms with E-state index in [1.54, 1.807) is 49.4 Å². The third-order valence-electron chi connectivity index (χ3n) is 5.72. The normalized spacial score (nSPS) is 15.0. The van der Waals surface area contributed by atoms with Crippen LogP contribution in [0.2, 0.25) is 0 Å². The number of carbonyl (C=O) groups is 2. The van der Waals surface area contributed by atoms with Crippen molar-refractivity contribution in [3.63, 3.8) is 0 Å². The number of nitrogens with zero attached hydrogens (tertiary/aromatic N) is 1. The zero-order valence-corrected chi connectivity index (χ0v) is 22.2. The fraction of sp³-hybridized carbons (Fsp3) is 0.400. The molecule has 0 spiro atoms. The number of amidine groups is 1. The maximum Gasteiger partial charge on any atom is 0.472 e. The number of phosphoric acid groups is 1. The van der Waals surface area contributed by atoms with Gasteiger partial charge in [-0.25, -0.2) is 9.57 Å². The molecule has 6 N–H and O–H groups in total. The monoisotopic (exact) mass is 547 g/mol. The predicted molar refractivity (Wildman–Crippen MR) is 141 cm³/mol. The van der Waals surface area contributed by atoms with Gasteiger partial charge in [0.15, 0.2) is 0 Å². The van der Waals surface area contributed by atoms with Crippen LogP contribution in [-0.2, 0) is 20.0 Å². The van der Waals surface area contributed by atoms with E-state index in [-0.39, 0.29) is 50.4 Å². The average Bonchev–Trinajstić information content (AvgIpc) is 3.40. The summed E-state index contributed by atoms with van der Waals surface area (Å²) >= 11 is 0. The molecule has 0 saturated carbocycles. The van der Waals surface area contributed by atoms with Crippen LogP contribution in [-0.4, -0.2) is 67.0 Å². The van der Waals surface area contributed by atoms with Crippen molar-refractivity contribution in [2.24, 2.45) is 5.73 Å². The van der Waals surface area contributed by atoms with Crippen LogP contribution < -0.4 is 21.2 Å². The van der Waals surface area contributed by atoms with E-state index in [0.29, 0.717) is 28.0 Å². The first kappa shape index (κ1) is 29.3. The van der Waals surface area contributed by atoms with Gasteiger partial charge in [0.2, 0.25) is 0 Å². The molecule has 13 heteroatoms. The number of phosphoric ester groups is 1. The molecule has 0 aromatic heterocycles. The van der Waals surface area contributed by atoms with Gasteiger partial charge in [-0.1, -0.05) is 12.1 Å². The standard InChI is InChI=1S/C25H34N5O7P/c1-2-36-38(33,34)37-15-11-18-5-10-21(23(26)27)17-22(18)35-16-12-28-24(31)19-6-8-20(9-7-19)25(32)29-30-13-3-4-14-30/h5-10,17H,2-4,11-16H2,1H3,(H3,26,27)(H,28,31)(H,29,32)(H,33,34). The molecular weight excluding hydrogens is 513 g/mol. The van der Waals surface area contributed by atoms with Crippen molar-refractivity contribution in [1.29, 1.82) is 5.41 Å². The zero-order valence-electron chi connectivity index (χ0n) is 21.3. The molecule has 2 aromatic carbocycles. The lowest BCUT2D eigenvalue weighted by molar-refractivity contribution is 0.0824. The molecule has 1 aliphatic rings. The van der Waals surface area contributed by atoms with Crippen molar-refractivity contribution in [3.05, 3.63) is 64.7 Å². The topological polar surface area (TPSA) is 176 Å². The second kappa shape index (κ2) is 14.0. The summed E-state index contributed by atoms with van der Waals surface area (Å²) in [5.41, 5.74) is 10.4. The van der Waals surface area contributed by atoms with Gasteiger partial charge >= 0.3 is 7.82 Å². The van der Waals surface area contributed by atoms with Gasteiger partial charge in [-0.05, 0) is 55.7 Å². The largest absolute Gasteiger partial charge is 0.491 e. The minimum Gasteiger partial charge on any atom is -0.491 e. The maximum atomic E-state index is 12.5. The van der Waals surface area contributed by atoms with E-state index in [1.165, 1.54) is 0 Å². The summed E-state index contributed by atoms with van der Waals surface area (Å²) in [6.07, 6.45) is 2.36. The van der Waals surface area contributed by atoms with Crippen molar-refractivity contribution < 1.29 is 32.8 Å². The molecule has 1 unspecified atom stereocenters. The molecule has 1 fully saturated rings. The summed E-state index contributed by atoms with van der Waals surface area (Å²) in [5, 5.41) is 12.3. The molecule has 0 bridgehead atoms. The average molecular weight is 548 g/mol. The Balaban J connectivity index is 1.50. The van der Waals surface area contributed by atoms with Gasteiger partial charge in [0, 0.05) is 36.2 Å². The van der Waals surface area contributed by atoms with E-state index >= 15 is 0 Å². The van der Waals surface area contributed by atoms with E-state index < -0.39 is 7.82 Å². The van der Waals surface area contributed by atoms with Gasteiger partial charge in [-0.2, -0.15) is 0 Å². The van der Waals surface area contributed by atoms with Crippen molar-refractivity contribution >= 4 is 25.5 Å². The summed E-state index contributed by atoms with van der Waals surface area (Å²) in [5.74, 6) is -0.255. The Bertz CT molecular complexity index is 1170. The Morgan fingerprint density at radius 2 is 1.66 bits per heavy atom. The van der Waals surface area contributed by atoms with Gasteiger partial charge in [-0.15, -0.1) is 0 Å². The molecule has 1 aliphatic heterocycles. The lowest BCUT2D eigenvalue weighted by Crippen LogP contribution is -2.40. The number of benzene rings is 2. The third-order valence-corrected chi connectivity index (χ3v) is 6.81. The quantitative estimate of drug-likeness (QED) is 0.103. The molecule has 206 valence electrons. The lowest BCUT2D eigenvalue weighted by Gasteiger charge is -2.16. The third kappa shape index (κ3) is 8.93. The van der Waals surface area contributed by atoms with E-state index in [1.807, 2.05) is 5.01 Å². The molecule has 38 heavy (non-hydrogen) atoms. The number of ether oxygens (including phenoxy) is 1. The molecule has 3 rings (SSSR count). The number of carbonyl (C=O) groups excluding carboxylic acids is 2. The van der Waals surface area contributed by atoms with Crippen LogP contribution in [0, 0.1) is 5.41 Å². The SMILES string of the molecule is CCOP(=O)(O)OCCc1ccc(C(=N)N)cc1OCCNC(=O)c1ccc(C(=O)NN2CCCC2)cc1. The van der Waals surface area contributed by atoms with Crippen LogP contribution in [0.15, 0.2) is 42.5 Å². The highest BCUT2D eigenvalue weighted by atomic mass is 31.2. The van der Waals surface area contributed by atoms with Crippen molar-refractivity contribution in [3.8, 4) is 5.75 Å². The summed E-state index contributed by atoms with van der Waals surface area (Å²) in [6.45, 7) is 3.51. The Labute approximate surface area is 221 Å². The highest BCUT2D eigenvalue weighted by Crippen LogP contribution is 2.43. The molecule has 1 saturated heterocycles. The Hall–Kier alpha value is -3.28. The number of hydrogen-bond acceptors (Lipinski definition) is 8. The molecule has 0 radical (unpaired) electrons. The van der Waals surface area contributed by atoms with Gasteiger partial charge in [0.25, 0.3) is 11.8 Å². The first-order valence-corrected chi connectivity index (χ1v) is 13.8. The second-order valence-electron chi connectivity index (χ2n) is 8.52. The smallest absolute Gasteiger partial charge is 0.472 e. The van der Waals surface area contributed by atoms with E-state index in [9.17, 15) is 19.0 Å². The van der Waals surface area contributed by atoms with E-state index in [4.69, 9.17) is 20.4 Å². The minimum atomic E-state index is -4.12. The van der Waals surface area contributed by atoms with Crippen LogP contribution in [0.4, 0.5) is 0 Å². The molecule has 1 heterocycles. The summed E-state index contributed by atoms with van der Waals surface area (Å²) in [7, 11) is -4.12. The summed E-state index contributed by atoms with van der Waals surface area (Å²) in [4.78, 5) is 34.4. The summed E-state index contributed by atoms with van der Waals surface area (Å²) < 4.78 is 27.2. The Morgan fingerprint density at radius 1 is 1.03 bits per heavy atom. The molecule has 2 amide bonds. The number of rotatable bonds is 14. The lowest BCUT2D eigenvalue weighted by atomic mass is 10.1. The van der Waals surface area contributed by atoms with Crippen LogP contribution in [0.3, 0.4) is 0 Å². The van der Waals surface area contributed by atoms with Crippen LogP contribution in [0.25, 0.3) is 0 Å². The number of nitrogen functional groups attached to an aromatic ring is 1. The maximum absolute atomic E-state index is 12.5. The number of amides is 2. The van der Waals surface area contributed by atoms with Gasteiger partial charge in [0.05, 0.1) is 19.8 Å². The van der Waals surface area contributed by atoms with Crippen molar-refractivity contribution in [2.75, 3.05) is 39.5 Å². The van der Waals surface area contributed by atoms with Crippen molar-refractivity contribution in [1.82, 2.24) is 15.8 Å². The number of nitrogens with two attached hydrogens (primary N) is 1. The predicted octanol–water partition coefficient (Wildman–Crippen LogP) is 2.22. The van der Waals surface area contributed by atoms with E-state index in [2.05, 4.69) is 15.3 Å². The van der Waals surface area contributed by atoms with Crippen LogP contribution in [0.1, 0.15) is 51.6 Å². The fourth-order valence-electron chi connectivity index (χ4n) is 3.77. The number of hydrazine groups is 1. The van der Waals surface area contributed by atoms with Crippen LogP contribution in [0.5, 0.6) is 5.75 Å². The first-order chi connectivity index (χ1) is 18.2. The minimum absolute atomic E-state index is 0.0411. The van der Waals surface area contributed by atoms with E-state index in [0.717, 1.165) is 25.9 Å². The highest BCUT2D eigenvalue weighted by Gasteiger charge is 2.20. The number of nitrogens with one attached hydrogen (secondary N) is 3. The highest BCUT2D eigenvalue weighted by molar-refractivity contribution is 7.47.